The van der Waals surface area contributed by atoms with Crippen LogP contribution >= 0.6 is 0 Å². The molecule has 1 nitrogen and oxygen atoms in total. The van der Waals surface area contributed by atoms with Gasteiger partial charge in [0.05, 0.1) is 0 Å². The van der Waals surface area contributed by atoms with Crippen molar-refractivity contribution in [2.24, 2.45) is 5.92 Å². The highest BCUT2D eigenvalue weighted by molar-refractivity contribution is 5.72. The van der Waals surface area contributed by atoms with Gasteiger partial charge in [-0.1, -0.05) is 62.4 Å². The molecule has 1 fully saturated rings. The third kappa shape index (κ3) is 4.75. The Labute approximate surface area is 198 Å². The second kappa shape index (κ2) is 10.5. The molecule has 34 heavy (non-hydrogen) atoms. The summed E-state index contributed by atoms with van der Waals surface area (Å²) in [7, 11) is 0. The van der Waals surface area contributed by atoms with Crippen LogP contribution in [0.2, 0.25) is 0 Å². The van der Waals surface area contributed by atoms with Gasteiger partial charge in [0, 0.05) is 11.1 Å². The van der Waals surface area contributed by atoms with Crippen LogP contribution < -0.4 is 4.74 Å². The molecule has 0 aliphatic heterocycles. The zero-order valence-corrected chi connectivity index (χ0v) is 19.2. The van der Waals surface area contributed by atoms with Crippen molar-refractivity contribution in [3.05, 3.63) is 90.0 Å². The molecule has 178 valence electrons. The second-order valence-electron chi connectivity index (χ2n) is 8.87. The van der Waals surface area contributed by atoms with Crippen molar-refractivity contribution in [2.45, 2.75) is 44.9 Å². The Morgan fingerprint density at radius 1 is 0.765 bits per heavy atom. The fourth-order valence-electron chi connectivity index (χ4n) is 4.83. The van der Waals surface area contributed by atoms with E-state index >= 15 is 4.39 Å². The Morgan fingerprint density at radius 3 is 1.88 bits per heavy atom. The molecule has 1 aliphatic rings. The minimum atomic E-state index is -1.08. The average Bonchev–Trinajstić information content (AvgIpc) is 2.87. The minimum Gasteiger partial charge on any atom is -0.486 e. The molecule has 0 bridgehead atoms. The monoisotopic (exact) mass is 468 g/mol. The van der Waals surface area contributed by atoms with Crippen LogP contribution in [0, 0.1) is 29.2 Å². The first kappa shape index (κ1) is 24.1. The molecule has 1 saturated carbocycles. The van der Waals surface area contributed by atoms with Gasteiger partial charge in [-0.3, -0.25) is 0 Å². The van der Waals surface area contributed by atoms with Gasteiger partial charge in [0.2, 0.25) is 5.82 Å². The summed E-state index contributed by atoms with van der Waals surface area (Å²) in [4.78, 5) is 0. The summed E-state index contributed by atoms with van der Waals surface area (Å²) >= 11 is 0. The highest BCUT2D eigenvalue weighted by atomic mass is 19.2. The quantitative estimate of drug-likeness (QED) is 0.249. The summed E-state index contributed by atoms with van der Waals surface area (Å²) in [5, 5.41) is 0. The molecule has 0 N–H and O–H groups in total. The molecule has 0 unspecified atom stereocenters. The maximum atomic E-state index is 15.0. The average molecular weight is 469 g/mol. The van der Waals surface area contributed by atoms with Crippen LogP contribution in [0.3, 0.4) is 0 Å². The fraction of sp³-hybridized carbons (Fsp3) is 0.310. The summed E-state index contributed by atoms with van der Waals surface area (Å²) in [6.45, 7) is 5.71. The van der Waals surface area contributed by atoms with Gasteiger partial charge < -0.3 is 4.74 Å². The van der Waals surface area contributed by atoms with Crippen LogP contribution in [-0.2, 0) is 0 Å². The lowest BCUT2D eigenvalue weighted by Crippen LogP contribution is -2.14. The van der Waals surface area contributed by atoms with Crippen molar-refractivity contribution < 1.29 is 22.3 Å². The lowest BCUT2D eigenvalue weighted by Gasteiger charge is -2.28. The van der Waals surface area contributed by atoms with E-state index < -0.39 is 23.3 Å². The van der Waals surface area contributed by atoms with Gasteiger partial charge in [0.15, 0.2) is 23.2 Å². The van der Waals surface area contributed by atoms with Gasteiger partial charge >= 0.3 is 0 Å². The summed E-state index contributed by atoms with van der Waals surface area (Å²) in [5.74, 6) is -3.25. The largest absolute Gasteiger partial charge is 0.486 e. The maximum Gasteiger partial charge on any atom is 0.201 e. The number of rotatable bonds is 7. The van der Waals surface area contributed by atoms with Crippen LogP contribution in [-0.4, -0.2) is 6.61 Å². The lowest BCUT2D eigenvalue weighted by atomic mass is 9.77. The summed E-state index contributed by atoms with van der Waals surface area (Å²) in [5.41, 5.74) is 1.53. The van der Waals surface area contributed by atoms with Crippen LogP contribution in [0.1, 0.15) is 50.5 Å². The van der Waals surface area contributed by atoms with Crippen molar-refractivity contribution in [3.8, 4) is 28.0 Å². The maximum absolute atomic E-state index is 15.0. The van der Waals surface area contributed by atoms with Crippen LogP contribution in [0.4, 0.5) is 17.6 Å². The molecule has 0 heterocycles. The van der Waals surface area contributed by atoms with Crippen LogP contribution in [0.5, 0.6) is 5.75 Å². The molecule has 5 heteroatoms. The summed E-state index contributed by atoms with van der Waals surface area (Å²) in [6, 6.07) is 12.4. The Kier molecular flexibility index (Phi) is 7.40. The zero-order valence-electron chi connectivity index (χ0n) is 19.2. The molecule has 3 aromatic carbocycles. The van der Waals surface area contributed by atoms with E-state index in [0.717, 1.165) is 32.1 Å². The smallest absolute Gasteiger partial charge is 0.201 e. The van der Waals surface area contributed by atoms with Crippen molar-refractivity contribution in [1.29, 1.82) is 0 Å². The normalized spacial score (nSPS) is 18.0. The predicted octanol–water partition coefficient (Wildman–Crippen LogP) is 8.83. The Bertz CT molecular complexity index is 1160. The predicted molar refractivity (Wildman–Crippen MR) is 128 cm³/mol. The van der Waals surface area contributed by atoms with Gasteiger partial charge in [0.1, 0.15) is 6.61 Å². The number of ether oxygens (including phenoxy) is 1. The molecule has 4 rings (SSSR count). The topological polar surface area (TPSA) is 9.23 Å². The van der Waals surface area contributed by atoms with E-state index in [0.29, 0.717) is 22.6 Å². The van der Waals surface area contributed by atoms with Gasteiger partial charge in [-0.05, 0) is 66.3 Å². The van der Waals surface area contributed by atoms with Gasteiger partial charge in [0.25, 0.3) is 0 Å². The zero-order chi connectivity index (χ0) is 24.2. The molecular formula is C29H28F4O. The lowest BCUT2D eigenvalue weighted by molar-refractivity contribution is 0.312. The number of hydrogen-bond donors (Lipinski definition) is 0. The van der Waals surface area contributed by atoms with E-state index in [-0.39, 0.29) is 29.4 Å². The van der Waals surface area contributed by atoms with E-state index in [9.17, 15) is 13.2 Å². The first-order valence-electron chi connectivity index (χ1n) is 11.7. The Hall–Kier alpha value is -3.08. The number of halogens is 4. The number of hydrogen-bond acceptors (Lipinski definition) is 1. The first-order valence-corrected chi connectivity index (χ1v) is 11.7. The Morgan fingerprint density at radius 2 is 1.32 bits per heavy atom. The van der Waals surface area contributed by atoms with Gasteiger partial charge in [-0.25, -0.2) is 13.2 Å². The van der Waals surface area contributed by atoms with E-state index in [2.05, 4.69) is 13.5 Å². The standard InChI is InChI=1S/C29H28F4O/c1-3-17-34-25-16-15-24(28(32)29(25)33)21-11-9-20(10-12-21)23-14-13-22(26(30)27(23)31)19-7-5-18(4-2)6-8-19/h3,9-16,18-19H,1,4-8,17H2,2H3. The van der Waals surface area contributed by atoms with Crippen molar-refractivity contribution >= 4 is 0 Å². The van der Waals surface area contributed by atoms with Gasteiger partial charge in [-0.2, -0.15) is 4.39 Å². The Balaban J connectivity index is 1.57. The van der Waals surface area contributed by atoms with Gasteiger partial charge in [-0.15, -0.1) is 0 Å². The van der Waals surface area contributed by atoms with Crippen molar-refractivity contribution in [2.75, 3.05) is 6.61 Å². The highest BCUT2D eigenvalue weighted by Crippen LogP contribution is 2.40. The van der Waals surface area contributed by atoms with Crippen LogP contribution in [0.25, 0.3) is 22.3 Å². The van der Waals surface area contributed by atoms with E-state index in [4.69, 9.17) is 4.74 Å². The molecule has 3 aromatic rings. The van der Waals surface area contributed by atoms with E-state index in [1.54, 1.807) is 36.4 Å². The molecular weight excluding hydrogens is 440 g/mol. The SMILES string of the molecule is C=CCOc1ccc(-c2ccc(-c3ccc(C4CCC(CC)CC4)c(F)c3F)cc2)c(F)c1F. The molecule has 0 saturated heterocycles. The van der Waals surface area contributed by atoms with E-state index in [1.165, 1.54) is 18.2 Å². The molecule has 0 radical (unpaired) electrons. The molecule has 0 spiro atoms. The van der Waals surface area contributed by atoms with Crippen molar-refractivity contribution in [1.82, 2.24) is 0 Å². The van der Waals surface area contributed by atoms with Crippen molar-refractivity contribution in [3.63, 3.8) is 0 Å². The molecule has 1 aliphatic carbocycles. The first-order chi connectivity index (χ1) is 16.4. The minimum absolute atomic E-state index is 0.0463. The third-order valence-electron chi connectivity index (χ3n) is 6.89. The number of benzene rings is 3. The molecule has 0 amide bonds. The molecule has 0 atom stereocenters. The molecule has 0 aromatic heterocycles. The summed E-state index contributed by atoms with van der Waals surface area (Å²) < 4.78 is 64.0. The second-order valence-corrected chi connectivity index (χ2v) is 8.87. The van der Waals surface area contributed by atoms with Crippen LogP contribution in [0.15, 0.2) is 61.2 Å². The fourth-order valence-corrected chi connectivity index (χ4v) is 4.83. The third-order valence-corrected chi connectivity index (χ3v) is 6.89. The summed E-state index contributed by atoms with van der Waals surface area (Å²) in [6.07, 6.45) is 6.41. The highest BCUT2D eigenvalue weighted by Gasteiger charge is 2.26. The van der Waals surface area contributed by atoms with E-state index in [1.807, 2.05) is 0 Å².